The number of carbonyl (C=O) groups is 1. The summed E-state index contributed by atoms with van der Waals surface area (Å²) in [6.45, 7) is 0.0706. The van der Waals surface area contributed by atoms with E-state index in [1.807, 2.05) is 36.4 Å². The summed E-state index contributed by atoms with van der Waals surface area (Å²) in [6.07, 6.45) is -2.27. The van der Waals surface area contributed by atoms with Crippen LogP contribution in [0, 0.1) is 11.3 Å². The summed E-state index contributed by atoms with van der Waals surface area (Å²) in [5.74, 6) is 0. The van der Waals surface area contributed by atoms with Crippen LogP contribution in [-0.2, 0) is 16.9 Å². The maximum absolute atomic E-state index is 15.2. The minimum Gasteiger partial charge on any atom is -0.444 e. The Morgan fingerprint density at radius 2 is 1.54 bits per heavy atom. The third-order valence-corrected chi connectivity index (χ3v) is 4.95. The van der Waals surface area contributed by atoms with E-state index < -0.39 is 17.9 Å². The molecule has 3 aromatic rings. The molecule has 1 aliphatic rings. The van der Waals surface area contributed by atoms with Crippen molar-refractivity contribution in [2.75, 3.05) is 0 Å². The van der Waals surface area contributed by atoms with Gasteiger partial charge in [0.25, 0.3) is 0 Å². The summed E-state index contributed by atoms with van der Waals surface area (Å²) in [4.78, 5) is 13.8. The van der Waals surface area contributed by atoms with Gasteiger partial charge < -0.3 is 4.74 Å². The zero-order chi connectivity index (χ0) is 19.6. The minimum atomic E-state index is -1.55. The molecule has 1 aliphatic heterocycles. The second kappa shape index (κ2) is 7.16. The fourth-order valence-electron chi connectivity index (χ4n) is 3.50. The van der Waals surface area contributed by atoms with Crippen molar-refractivity contribution in [2.24, 2.45) is 0 Å². The highest BCUT2D eigenvalue weighted by atomic mass is 19.1. The van der Waals surface area contributed by atoms with Crippen LogP contribution < -0.4 is 0 Å². The Balaban J connectivity index is 1.65. The van der Waals surface area contributed by atoms with E-state index in [2.05, 4.69) is 6.07 Å². The summed E-state index contributed by atoms with van der Waals surface area (Å²) in [5.41, 5.74) is 1.31. The maximum Gasteiger partial charge on any atom is 0.413 e. The third-order valence-electron chi connectivity index (χ3n) is 4.95. The van der Waals surface area contributed by atoms with E-state index >= 15 is 4.39 Å². The van der Waals surface area contributed by atoms with Gasteiger partial charge in [0.15, 0.2) is 0 Å². The quantitative estimate of drug-likeness (QED) is 0.491. The van der Waals surface area contributed by atoms with Gasteiger partial charge in [-0.3, -0.25) is 4.90 Å². The molecule has 0 aliphatic carbocycles. The molecule has 1 amide bonds. The van der Waals surface area contributed by atoms with E-state index in [-0.39, 0.29) is 6.61 Å². The highest BCUT2D eigenvalue weighted by molar-refractivity contribution is 5.76. The van der Waals surface area contributed by atoms with Crippen molar-refractivity contribution in [3.05, 3.63) is 107 Å². The molecule has 1 saturated heterocycles. The molecule has 1 fully saturated rings. The van der Waals surface area contributed by atoms with Crippen LogP contribution in [0.15, 0.2) is 84.9 Å². The maximum atomic E-state index is 15.2. The van der Waals surface area contributed by atoms with Crippen LogP contribution in [0.4, 0.5) is 9.18 Å². The number of hydrogen-bond donors (Lipinski definition) is 0. The predicted molar refractivity (Wildman–Crippen MR) is 102 cm³/mol. The van der Waals surface area contributed by atoms with Crippen molar-refractivity contribution in [3.8, 4) is 6.07 Å². The van der Waals surface area contributed by atoms with Gasteiger partial charge in [0.1, 0.15) is 12.1 Å². The summed E-state index contributed by atoms with van der Waals surface area (Å²) in [6, 6.07) is 26.9. The average Bonchev–Trinajstić information content (AvgIpc) is 3.39. The second-order valence-corrected chi connectivity index (χ2v) is 6.57. The largest absolute Gasteiger partial charge is 0.444 e. The number of hydrogen-bond acceptors (Lipinski definition) is 3. The summed E-state index contributed by atoms with van der Waals surface area (Å²) in [7, 11) is 0. The van der Waals surface area contributed by atoms with Gasteiger partial charge in [-0.25, -0.2) is 9.18 Å². The van der Waals surface area contributed by atoms with Crippen LogP contribution in [0.3, 0.4) is 0 Å². The smallest absolute Gasteiger partial charge is 0.413 e. The van der Waals surface area contributed by atoms with Crippen LogP contribution in [-0.4, -0.2) is 17.3 Å². The number of rotatable bonds is 4. The third kappa shape index (κ3) is 2.89. The van der Waals surface area contributed by atoms with E-state index in [4.69, 9.17) is 10.00 Å². The van der Waals surface area contributed by atoms with Gasteiger partial charge in [-0.15, -0.1) is 0 Å². The van der Waals surface area contributed by atoms with Crippen LogP contribution in [0.1, 0.15) is 22.3 Å². The monoisotopic (exact) mass is 372 g/mol. The first-order valence-corrected chi connectivity index (χ1v) is 8.88. The first-order valence-electron chi connectivity index (χ1n) is 8.88. The Bertz CT molecular complexity index is 1020. The first kappa shape index (κ1) is 17.7. The lowest BCUT2D eigenvalue weighted by molar-refractivity contribution is 0.113. The zero-order valence-electron chi connectivity index (χ0n) is 15.0. The number of benzene rings is 3. The van der Waals surface area contributed by atoms with E-state index in [9.17, 15) is 4.79 Å². The summed E-state index contributed by atoms with van der Waals surface area (Å²) in [5, 5.41) is 9.03. The number of amides is 1. The van der Waals surface area contributed by atoms with E-state index in [0.29, 0.717) is 16.7 Å². The van der Waals surface area contributed by atoms with Crippen LogP contribution in [0.2, 0.25) is 0 Å². The molecular weight excluding hydrogens is 355 g/mol. The molecule has 4 nitrogen and oxygen atoms in total. The fourth-order valence-corrected chi connectivity index (χ4v) is 3.50. The topological polar surface area (TPSA) is 53.1 Å². The van der Waals surface area contributed by atoms with E-state index in [1.165, 1.54) is 0 Å². The second-order valence-electron chi connectivity index (χ2n) is 6.57. The molecule has 0 spiro atoms. The van der Waals surface area contributed by atoms with Crippen molar-refractivity contribution >= 4 is 6.09 Å². The normalized spacial score (nSPS) is 20.3. The van der Waals surface area contributed by atoms with Crippen molar-refractivity contribution in [1.29, 1.82) is 5.26 Å². The number of halogens is 1. The molecule has 1 heterocycles. The zero-order valence-corrected chi connectivity index (χ0v) is 15.0. The average molecular weight is 372 g/mol. The van der Waals surface area contributed by atoms with Gasteiger partial charge in [-0.1, -0.05) is 72.8 Å². The van der Waals surface area contributed by atoms with Gasteiger partial charge in [-0.2, -0.15) is 5.26 Å². The van der Waals surface area contributed by atoms with Gasteiger partial charge in [0.2, 0.25) is 6.30 Å². The highest BCUT2D eigenvalue weighted by Crippen LogP contribution is 2.55. The van der Waals surface area contributed by atoms with Crippen molar-refractivity contribution in [3.63, 3.8) is 0 Å². The molecular formula is C23H17FN2O2. The Morgan fingerprint density at radius 3 is 2.14 bits per heavy atom. The standard InChI is InChI=1S/C23H17FN2O2/c24-21-23(19-9-5-2-6-10-19,20-13-11-17(15-25)12-14-20)26(21)22(27)28-16-18-7-3-1-4-8-18/h1-14,21H,16H2. The van der Waals surface area contributed by atoms with Gasteiger partial charge in [0, 0.05) is 0 Å². The molecule has 138 valence electrons. The fraction of sp³-hybridized carbons (Fsp3) is 0.130. The van der Waals surface area contributed by atoms with Gasteiger partial charge >= 0.3 is 6.09 Å². The molecule has 0 N–H and O–H groups in total. The first-order chi connectivity index (χ1) is 13.7. The number of carbonyl (C=O) groups excluding carboxylic acids is 1. The lowest BCUT2D eigenvalue weighted by Crippen LogP contribution is -2.24. The Kier molecular flexibility index (Phi) is 4.54. The molecule has 2 unspecified atom stereocenters. The molecule has 4 rings (SSSR count). The number of ether oxygens (including phenoxy) is 1. The number of nitriles is 1. The van der Waals surface area contributed by atoms with Crippen LogP contribution >= 0.6 is 0 Å². The van der Waals surface area contributed by atoms with Crippen molar-refractivity contribution in [2.45, 2.75) is 18.4 Å². The molecule has 2 atom stereocenters. The molecule has 5 heteroatoms. The minimum absolute atomic E-state index is 0.0706. The Morgan fingerprint density at radius 1 is 0.964 bits per heavy atom. The molecule has 0 aromatic heterocycles. The number of nitrogens with zero attached hydrogens (tertiary/aromatic N) is 2. The van der Waals surface area contributed by atoms with Gasteiger partial charge in [-0.05, 0) is 28.8 Å². The van der Waals surface area contributed by atoms with Crippen molar-refractivity contribution < 1.29 is 13.9 Å². The lowest BCUT2D eigenvalue weighted by atomic mass is 9.90. The molecule has 0 bridgehead atoms. The summed E-state index contributed by atoms with van der Waals surface area (Å²) < 4.78 is 20.5. The SMILES string of the molecule is N#Cc1ccc(C2(c3ccccc3)C(F)N2C(=O)OCc2ccccc2)cc1. The molecule has 0 radical (unpaired) electrons. The van der Waals surface area contributed by atoms with E-state index in [0.717, 1.165) is 10.5 Å². The Hall–Kier alpha value is -3.65. The summed E-state index contributed by atoms with van der Waals surface area (Å²) >= 11 is 0. The Labute approximate surface area is 162 Å². The molecule has 3 aromatic carbocycles. The van der Waals surface area contributed by atoms with Crippen molar-refractivity contribution in [1.82, 2.24) is 4.90 Å². The predicted octanol–water partition coefficient (Wildman–Crippen LogP) is 4.75. The van der Waals surface area contributed by atoms with E-state index in [1.54, 1.807) is 48.5 Å². The number of alkyl halides is 1. The van der Waals surface area contributed by atoms with Gasteiger partial charge in [0.05, 0.1) is 11.6 Å². The lowest BCUT2D eigenvalue weighted by Gasteiger charge is -2.18. The van der Waals surface area contributed by atoms with Crippen LogP contribution in [0.25, 0.3) is 0 Å². The highest BCUT2D eigenvalue weighted by Gasteiger charge is 2.69. The molecule has 28 heavy (non-hydrogen) atoms. The van der Waals surface area contributed by atoms with Crippen LogP contribution in [0.5, 0.6) is 0 Å². The molecule has 0 saturated carbocycles.